The maximum absolute atomic E-state index is 11.3. The molecule has 0 atom stereocenters. The number of carbonyl (C=O) groups excluding carboxylic acids is 1. The third kappa shape index (κ3) is 3.45. The van der Waals surface area contributed by atoms with Crippen molar-refractivity contribution in [3.63, 3.8) is 0 Å². The molecule has 0 aromatic carbocycles. The fourth-order valence-corrected chi connectivity index (χ4v) is 3.05. The van der Waals surface area contributed by atoms with Crippen molar-refractivity contribution in [2.24, 2.45) is 0 Å². The first-order valence-corrected chi connectivity index (χ1v) is 7.22. The van der Waals surface area contributed by atoms with Crippen LogP contribution >= 0.6 is 0 Å². The number of nitrogens with zero attached hydrogens (tertiary/aromatic N) is 2. The number of hydrogen-bond acceptors (Lipinski definition) is 3. The summed E-state index contributed by atoms with van der Waals surface area (Å²) in [6, 6.07) is 0.677. The van der Waals surface area contributed by atoms with Crippen LogP contribution in [0.5, 0.6) is 0 Å². The monoisotopic (exact) mass is 253 g/mol. The van der Waals surface area contributed by atoms with Gasteiger partial charge in [-0.1, -0.05) is 0 Å². The molecule has 0 aromatic rings. The quantitative estimate of drug-likeness (QED) is 0.759. The van der Waals surface area contributed by atoms with Gasteiger partial charge in [-0.05, 0) is 33.6 Å². The van der Waals surface area contributed by atoms with E-state index < -0.39 is 0 Å². The van der Waals surface area contributed by atoms with Crippen LogP contribution in [0.25, 0.3) is 0 Å². The molecule has 4 heteroatoms. The maximum atomic E-state index is 11.3. The molecular weight excluding hydrogens is 226 g/mol. The molecule has 0 unspecified atom stereocenters. The van der Waals surface area contributed by atoms with Crippen LogP contribution in [0.4, 0.5) is 0 Å². The van der Waals surface area contributed by atoms with Crippen molar-refractivity contribution in [1.29, 1.82) is 0 Å². The van der Waals surface area contributed by atoms with Crippen LogP contribution in [0, 0.1) is 0 Å². The Labute approximate surface area is 111 Å². The van der Waals surface area contributed by atoms with Crippen LogP contribution in [0.15, 0.2) is 0 Å². The maximum Gasteiger partial charge on any atom is 0.221 e. The van der Waals surface area contributed by atoms with E-state index in [0.717, 1.165) is 19.6 Å². The van der Waals surface area contributed by atoms with Gasteiger partial charge in [-0.15, -0.1) is 0 Å². The molecule has 0 radical (unpaired) electrons. The summed E-state index contributed by atoms with van der Waals surface area (Å²) in [5, 5.41) is 2.96. The van der Waals surface area contributed by atoms with E-state index in [2.05, 4.69) is 35.9 Å². The van der Waals surface area contributed by atoms with E-state index in [4.69, 9.17) is 0 Å². The first-order chi connectivity index (χ1) is 8.47. The lowest BCUT2D eigenvalue weighted by atomic mass is 9.97. The highest BCUT2D eigenvalue weighted by Gasteiger charge is 2.30. The summed E-state index contributed by atoms with van der Waals surface area (Å²) >= 11 is 0. The minimum atomic E-state index is 0.213. The highest BCUT2D eigenvalue weighted by molar-refractivity contribution is 5.76. The second kappa shape index (κ2) is 5.57. The summed E-state index contributed by atoms with van der Waals surface area (Å²) < 4.78 is 0. The van der Waals surface area contributed by atoms with E-state index in [1.807, 2.05) is 0 Å². The first-order valence-electron chi connectivity index (χ1n) is 7.22. The van der Waals surface area contributed by atoms with Crippen molar-refractivity contribution in [2.45, 2.75) is 51.6 Å². The SMILES string of the molecule is CC(C)(C)N1CCC(N2CCNC(=O)CC2)CC1. The average Bonchev–Trinajstić information content (AvgIpc) is 2.53. The lowest BCUT2D eigenvalue weighted by molar-refractivity contribution is -0.120. The molecule has 1 N–H and O–H groups in total. The normalized spacial score (nSPS) is 25.8. The fourth-order valence-electron chi connectivity index (χ4n) is 3.05. The Kier molecular flexibility index (Phi) is 4.28. The topological polar surface area (TPSA) is 35.6 Å². The van der Waals surface area contributed by atoms with Crippen molar-refractivity contribution in [3.8, 4) is 0 Å². The number of piperidine rings is 1. The number of nitrogens with one attached hydrogen (secondary N) is 1. The van der Waals surface area contributed by atoms with Crippen molar-refractivity contribution in [3.05, 3.63) is 0 Å². The van der Waals surface area contributed by atoms with Gasteiger partial charge in [0.15, 0.2) is 0 Å². The Morgan fingerprint density at radius 2 is 1.78 bits per heavy atom. The minimum absolute atomic E-state index is 0.213. The predicted octanol–water partition coefficient (Wildman–Crippen LogP) is 1.07. The molecule has 1 amide bonds. The molecule has 2 saturated heterocycles. The Bertz CT molecular complexity index is 290. The standard InChI is InChI=1S/C14H27N3O/c1-14(2,3)17-9-4-12(5-10-17)16-8-6-13(18)15-7-11-16/h12H,4-11H2,1-3H3,(H,15,18). The van der Waals surface area contributed by atoms with Gasteiger partial charge in [0.2, 0.25) is 5.91 Å². The lowest BCUT2D eigenvalue weighted by Gasteiger charge is -2.43. The molecule has 2 fully saturated rings. The molecule has 104 valence electrons. The smallest absolute Gasteiger partial charge is 0.221 e. The molecule has 0 aromatic heterocycles. The number of amides is 1. The van der Waals surface area contributed by atoms with Crippen LogP contribution < -0.4 is 5.32 Å². The van der Waals surface area contributed by atoms with Crippen LogP contribution in [0.2, 0.25) is 0 Å². The minimum Gasteiger partial charge on any atom is -0.355 e. The van der Waals surface area contributed by atoms with Gasteiger partial charge in [-0.25, -0.2) is 0 Å². The summed E-state index contributed by atoms with van der Waals surface area (Å²) in [5.74, 6) is 0.213. The molecule has 0 bridgehead atoms. The zero-order valence-corrected chi connectivity index (χ0v) is 12.0. The van der Waals surface area contributed by atoms with Gasteiger partial charge >= 0.3 is 0 Å². The lowest BCUT2D eigenvalue weighted by Crippen LogP contribution is -2.51. The van der Waals surface area contributed by atoms with Crippen LogP contribution in [-0.2, 0) is 4.79 Å². The number of rotatable bonds is 1. The molecule has 4 nitrogen and oxygen atoms in total. The Morgan fingerprint density at radius 1 is 1.11 bits per heavy atom. The van der Waals surface area contributed by atoms with E-state index in [1.54, 1.807) is 0 Å². The molecule has 2 heterocycles. The summed E-state index contributed by atoms with van der Waals surface area (Å²) in [6.07, 6.45) is 3.15. The molecule has 18 heavy (non-hydrogen) atoms. The summed E-state index contributed by atoms with van der Waals surface area (Å²) in [4.78, 5) is 16.4. The average molecular weight is 253 g/mol. The predicted molar refractivity (Wildman–Crippen MR) is 73.5 cm³/mol. The Morgan fingerprint density at radius 3 is 2.39 bits per heavy atom. The van der Waals surface area contributed by atoms with Gasteiger partial charge in [0, 0.05) is 50.7 Å². The summed E-state index contributed by atoms with van der Waals surface area (Å²) in [6.45, 7) is 12.0. The summed E-state index contributed by atoms with van der Waals surface area (Å²) in [7, 11) is 0. The Balaban J connectivity index is 1.84. The van der Waals surface area contributed by atoms with E-state index in [-0.39, 0.29) is 5.91 Å². The van der Waals surface area contributed by atoms with Crippen LogP contribution in [0.1, 0.15) is 40.0 Å². The van der Waals surface area contributed by atoms with Gasteiger partial charge in [-0.3, -0.25) is 14.6 Å². The number of likely N-dealkylation sites (tertiary alicyclic amines) is 1. The van der Waals surface area contributed by atoms with Crippen molar-refractivity contribution < 1.29 is 4.79 Å². The number of hydrogen-bond donors (Lipinski definition) is 1. The Hall–Kier alpha value is -0.610. The molecule has 2 rings (SSSR count). The summed E-state index contributed by atoms with van der Waals surface area (Å²) in [5.41, 5.74) is 0.293. The largest absolute Gasteiger partial charge is 0.355 e. The molecule has 2 aliphatic heterocycles. The molecular formula is C14H27N3O. The van der Waals surface area contributed by atoms with E-state index in [1.165, 1.54) is 25.9 Å². The molecule has 0 spiro atoms. The highest BCUT2D eigenvalue weighted by atomic mass is 16.1. The molecule has 2 aliphatic rings. The molecule has 0 saturated carbocycles. The van der Waals surface area contributed by atoms with Crippen LogP contribution in [-0.4, -0.2) is 60.0 Å². The second-order valence-corrected chi connectivity index (χ2v) is 6.52. The highest BCUT2D eigenvalue weighted by Crippen LogP contribution is 2.23. The van der Waals surface area contributed by atoms with E-state index in [0.29, 0.717) is 18.0 Å². The third-order valence-corrected chi connectivity index (χ3v) is 4.28. The van der Waals surface area contributed by atoms with Gasteiger partial charge in [-0.2, -0.15) is 0 Å². The zero-order valence-electron chi connectivity index (χ0n) is 12.0. The number of carbonyl (C=O) groups is 1. The third-order valence-electron chi connectivity index (χ3n) is 4.28. The van der Waals surface area contributed by atoms with Crippen molar-refractivity contribution in [2.75, 3.05) is 32.7 Å². The first kappa shape index (κ1) is 13.8. The van der Waals surface area contributed by atoms with Crippen LogP contribution in [0.3, 0.4) is 0 Å². The van der Waals surface area contributed by atoms with Crippen molar-refractivity contribution in [1.82, 2.24) is 15.1 Å². The van der Waals surface area contributed by atoms with Gasteiger partial charge in [0.25, 0.3) is 0 Å². The van der Waals surface area contributed by atoms with Gasteiger partial charge < -0.3 is 5.32 Å². The molecule has 0 aliphatic carbocycles. The van der Waals surface area contributed by atoms with Gasteiger partial charge in [0.05, 0.1) is 0 Å². The fraction of sp³-hybridized carbons (Fsp3) is 0.929. The second-order valence-electron chi connectivity index (χ2n) is 6.52. The zero-order chi connectivity index (χ0) is 13.2. The van der Waals surface area contributed by atoms with E-state index in [9.17, 15) is 4.79 Å². The van der Waals surface area contributed by atoms with E-state index >= 15 is 0 Å². The van der Waals surface area contributed by atoms with Crippen molar-refractivity contribution >= 4 is 5.91 Å². The van der Waals surface area contributed by atoms with Gasteiger partial charge in [0.1, 0.15) is 0 Å².